The molecule has 0 saturated carbocycles. The number of aryl methyl sites for hydroxylation is 1. The summed E-state index contributed by atoms with van der Waals surface area (Å²) in [6.07, 6.45) is -4.93. The van der Waals surface area contributed by atoms with Crippen LogP contribution in [0.5, 0.6) is 0 Å². The Labute approximate surface area is 227 Å². The van der Waals surface area contributed by atoms with E-state index in [0.717, 1.165) is 12.1 Å². The number of amides is 2. The first-order valence-corrected chi connectivity index (χ1v) is 11.8. The molecule has 208 valence electrons. The van der Waals surface area contributed by atoms with Gasteiger partial charge in [0, 0.05) is 41.3 Å². The van der Waals surface area contributed by atoms with Crippen LogP contribution in [0.2, 0.25) is 5.02 Å². The fraction of sp³-hybridized carbons (Fsp3) is 0.192. The number of benzene rings is 3. The molecule has 0 spiro atoms. The number of carbonyl (C=O) groups is 2. The molecule has 4 aromatic rings. The molecule has 5 rings (SSSR count). The number of aliphatic hydroxyl groups is 1. The van der Waals surface area contributed by atoms with Crippen LogP contribution in [-0.4, -0.2) is 33.8 Å². The highest BCUT2D eigenvalue weighted by atomic mass is 35.5. The standard InChI is InChI=1S/C26H18ClF5N4O4/c1-36-19(10-37)15-9-18(33-23(38)11-5-12(26(30,31)32)7-14(29)6-11)21-20(22(15)35-36)24(39)34-25(21,40-2)16-8-13(28)3-4-17(16)27/h3-9,37H,10H2,1-2H3,(H,33,38)(H,34,39). The van der Waals surface area contributed by atoms with E-state index >= 15 is 0 Å². The summed E-state index contributed by atoms with van der Waals surface area (Å²) in [5, 5.41) is 19.5. The lowest BCUT2D eigenvalue weighted by atomic mass is 9.90. The predicted octanol–water partition coefficient (Wildman–Crippen LogP) is 4.86. The van der Waals surface area contributed by atoms with Crippen LogP contribution in [0.1, 0.15) is 43.1 Å². The van der Waals surface area contributed by atoms with E-state index in [4.69, 9.17) is 16.3 Å². The van der Waals surface area contributed by atoms with Gasteiger partial charge in [-0.2, -0.15) is 18.3 Å². The molecule has 1 atom stereocenters. The van der Waals surface area contributed by atoms with Crippen LogP contribution in [-0.2, 0) is 30.3 Å². The second-order valence-corrected chi connectivity index (χ2v) is 9.35. The van der Waals surface area contributed by atoms with Crippen LogP contribution in [0.25, 0.3) is 10.9 Å². The maximum atomic E-state index is 14.4. The third kappa shape index (κ3) is 4.26. The molecule has 1 unspecified atom stereocenters. The largest absolute Gasteiger partial charge is 0.416 e. The van der Waals surface area contributed by atoms with Crippen LogP contribution >= 0.6 is 11.6 Å². The number of alkyl halides is 3. The number of hydrogen-bond acceptors (Lipinski definition) is 5. The molecular formula is C26H18ClF5N4O4. The predicted molar refractivity (Wildman–Crippen MR) is 133 cm³/mol. The van der Waals surface area contributed by atoms with E-state index in [0.29, 0.717) is 12.1 Å². The number of aliphatic hydroxyl groups excluding tert-OH is 1. The quantitative estimate of drug-likeness (QED) is 0.293. The number of nitrogens with one attached hydrogen (secondary N) is 2. The molecule has 3 aromatic carbocycles. The zero-order valence-electron chi connectivity index (χ0n) is 20.6. The van der Waals surface area contributed by atoms with Gasteiger partial charge in [-0.3, -0.25) is 14.3 Å². The third-order valence-corrected chi connectivity index (χ3v) is 6.95. The van der Waals surface area contributed by atoms with Crippen molar-refractivity contribution in [1.29, 1.82) is 0 Å². The van der Waals surface area contributed by atoms with Crippen molar-refractivity contribution in [1.82, 2.24) is 15.1 Å². The van der Waals surface area contributed by atoms with Crippen LogP contribution in [0.15, 0.2) is 42.5 Å². The number of methoxy groups -OCH3 is 1. The Morgan fingerprint density at radius 3 is 2.55 bits per heavy atom. The Hall–Kier alpha value is -4.07. The number of halogens is 6. The number of ether oxygens (including phenoxy) is 1. The van der Waals surface area contributed by atoms with Crippen molar-refractivity contribution in [2.75, 3.05) is 12.4 Å². The molecule has 1 aromatic heterocycles. The minimum Gasteiger partial charge on any atom is -0.390 e. The third-order valence-electron chi connectivity index (χ3n) is 6.62. The molecule has 40 heavy (non-hydrogen) atoms. The molecule has 0 saturated heterocycles. The van der Waals surface area contributed by atoms with Gasteiger partial charge in [0.2, 0.25) is 0 Å². The van der Waals surface area contributed by atoms with E-state index in [1.807, 2.05) is 0 Å². The molecular weight excluding hydrogens is 563 g/mol. The number of fused-ring (bicyclic) bond motifs is 3. The van der Waals surface area contributed by atoms with Gasteiger partial charge in [0.15, 0.2) is 5.72 Å². The van der Waals surface area contributed by atoms with E-state index in [9.17, 15) is 36.6 Å². The minimum atomic E-state index is -4.93. The summed E-state index contributed by atoms with van der Waals surface area (Å²) in [6.45, 7) is -0.523. The summed E-state index contributed by atoms with van der Waals surface area (Å²) in [5.74, 6) is -3.95. The monoisotopic (exact) mass is 580 g/mol. The summed E-state index contributed by atoms with van der Waals surface area (Å²) in [6, 6.07) is 5.97. The lowest BCUT2D eigenvalue weighted by Gasteiger charge is -2.31. The average molecular weight is 581 g/mol. The molecule has 8 nitrogen and oxygen atoms in total. The Morgan fingerprint density at radius 2 is 1.90 bits per heavy atom. The van der Waals surface area contributed by atoms with Gasteiger partial charge in [-0.25, -0.2) is 8.78 Å². The Bertz CT molecular complexity index is 1720. The van der Waals surface area contributed by atoms with Gasteiger partial charge in [0.25, 0.3) is 11.8 Å². The van der Waals surface area contributed by atoms with Crippen LogP contribution in [0, 0.1) is 11.6 Å². The van der Waals surface area contributed by atoms with Crippen molar-refractivity contribution in [2.45, 2.75) is 18.5 Å². The lowest BCUT2D eigenvalue weighted by Crippen LogP contribution is -2.43. The molecule has 0 bridgehead atoms. The Kier molecular flexibility index (Phi) is 6.56. The van der Waals surface area contributed by atoms with Crippen molar-refractivity contribution in [3.05, 3.63) is 92.6 Å². The molecule has 14 heteroatoms. The van der Waals surface area contributed by atoms with Gasteiger partial charge in [0.1, 0.15) is 17.2 Å². The van der Waals surface area contributed by atoms with Crippen molar-refractivity contribution < 1.29 is 41.4 Å². The summed E-state index contributed by atoms with van der Waals surface area (Å²) in [5.41, 5.74) is -4.14. The average Bonchev–Trinajstić information content (AvgIpc) is 3.37. The highest BCUT2D eigenvalue weighted by molar-refractivity contribution is 6.31. The number of anilines is 1. The number of rotatable bonds is 5. The van der Waals surface area contributed by atoms with Crippen LogP contribution < -0.4 is 10.6 Å². The summed E-state index contributed by atoms with van der Waals surface area (Å²) in [7, 11) is 2.69. The molecule has 0 radical (unpaired) electrons. The second kappa shape index (κ2) is 9.54. The smallest absolute Gasteiger partial charge is 0.390 e. The fourth-order valence-corrected chi connectivity index (χ4v) is 5.10. The van der Waals surface area contributed by atoms with Crippen molar-refractivity contribution >= 4 is 40.0 Å². The summed E-state index contributed by atoms with van der Waals surface area (Å²) >= 11 is 6.37. The highest BCUT2D eigenvalue weighted by Gasteiger charge is 2.50. The highest BCUT2D eigenvalue weighted by Crippen LogP contribution is 2.47. The maximum absolute atomic E-state index is 14.4. The molecule has 3 N–H and O–H groups in total. The topological polar surface area (TPSA) is 105 Å². The minimum absolute atomic E-state index is 0.0224. The number of aromatic nitrogens is 2. The number of carbonyl (C=O) groups excluding carboxylic acids is 2. The lowest BCUT2D eigenvalue weighted by molar-refractivity contribution is -0.137. The van der Waals surface area contributed by atoms with Gasteiger partial charge in [-0.1, -0.05) is 11.6 Å². The molecule has 2 amide bonds. The molecule has 0 aliphatic carbocycles. The van der Waals surface area contributed by atoms with Gasteiger partial charge < -0.3 is 20.5 Å². The van der Waals surface area contributed by atoms with Crippen molar-refractivity contribution in [3.8, 4) is 0 Å². The molecule has 0 fully saturated rings. The SMILES string of the molecule is COC1(c2cc(F)ccc2Cl)NC(=O)c2c1c(NC(=O)c1cc(F)cc(C(F)(F)F)c1)cc1c(CO)n(C)nc21. The van der Waals surface area contributed by atoms with Gasteiger partial charge in [-0.15, -0.1) is 0 Å². The van der Waals surface area contributed by atoms with Gasteiger partial charge >= 0.3 is 6.18 Å². The number of nitrogens with zero attached hydrogens (tertiary/aromatic N) is 2. The maximum Gasteiger partial charge on any atom is 0.416 e. The molecule has 1 aliphatic rings. The van der Waals surface area contributed by atoms with Crippen molar-refractivity contribution in [3.63, 3.8) is 0 Å². The van der Waals surface area contributed by atoms with E-state index in [-0.39, 0.29) is 50.1 Å². The zero-order valence-corrected chi connectivity index (χ0v) is 21.3. The van der Waals surface area contributed by atoms with Gasteiger partial charge in [0.05, 0.1) is 29.1 Å². The molecule has 1 aliphatic heterocycles. The summed E-state index contributed by atoms with van der Waals surface area (Å²) < 4.78 is 75.3. The van der Waals surface area contributed by atoms with Crippen molar-refractivity contribution in [2.24, 2.45) is 7.05 Å². The van der Waals surface area contributed by atoms with E-state index in [1.165, 1.54) is 31.0 Å². The first-order chi connectivity index (χ1) is 18.8. The fourth-order valence-electron chi connectivity index (χ4n) is 4.85. The Morgan fingerprint density at radius 1 is 1.18 bits per heavy atom. The van der Waals surface area contributed by atoms with E-state index < -0.39 is 53.1 Å². The second-order valence-electron chi connectivity index (χ2n) is 8.94. The van der Waals surface area contributed by atoms with E-state index in [1.54, 1.807) is 0 Å². The van der Waals surface area contributed by atoms with Gasteiger partial charge in [-0.05, 0) is 42.5 Å². The Balaban J connectivity index is 1.79. The molecule has 2 heterocycles. The van der Waals surface area contributed by atoms with Crippen LogP contribution in [0.3, 0.4) is 0 Å². The van der Waals surface area contributed by atoms with Crippen LogP contribution in [0.4, 0.5) is 27.6 Å². The zero-order chi connectivity index (χ0) is 29.1. The first-order valence-electron chi connectivity index (χ1n) is 11.5. The first kappa shape index (κ1) is 27.5. The van der Waals surface area contributed by atoms with E-state index in [2.05, 4.69) is 15.7 Å². The number of hydrogen-bond donors (Lipinski definition) is 3. The summed E-state index contributed by atoms with van der Waals surface area (Å²) in [4.78, 5) is 26.6. The normalized spacial score (nSPS) is 16.8.